The summed E-state index contributed by atoms with van der Waals surface area (Å²) in [5, 5.41) is 25.1. The monoisotopic (exact) mass is 546 g/mol. The van der Waals surface area contributed by atoms with Gasteiger partial charge in [-0.2, -0.15) is 15.5 Å². The van der Waals surface area contributed by atoms with Crippen LogP contribution in [0.3, 0.4) is 0 Å². The first-order chi connectivity index (χ1) is 15.3. The van der Waals surface area contributed by atoms with Crippen molar-refractivity contribution in [1.82, 2.24) is 30.4 Å². The molecule has 0 saturated carbocycles. The minimum absolute atomic E-state index is 0. The topological polar surface area (TPSA) is 107 Å². The molecule has 5 rings (SSSR count). The average molecular weight is 546 g/mol. The van der Waals surface area contributed by atoms with E-state index in [1.807, 2.05) is 52.2 Å². The van der Waals surface area contributed by atoms with Crippen molar-refractivity contribution in [3.8, 4) is 17.2 Å². The van der Waals surface area contributed by atoms with E-state index in [9.17, 15) is 5.26 Å². The Balaban J connectivity index is 0.000000215. The summed E-state index contributed by atoms with van der Waals surface area (Å²) in [5.74, 6) is 0. The van der Waals surface area contributed by atoms with Crippen molar-refractivity contribution < 1.29 is 0 Å². The van der Waals surface area contributed by atoms with Gasteiger partial charge in [0, 0.05) is 29.8 Å². The van der Waals surface area contributed by atoms with Gasteiger partial charge in [-0.25, -0.2) is 9.97 Å². The Hall–Kier alpha value is -3.26. The van der Waals surface area contributed by atoms with Crippen molar-refractivity contribution in [3.63, 3.8) is 0 Å². The number of nitrogens with one attached hydrogen (secondary N) is 2. The molecule has 0 fully saturated rings. The Morgan fingerprint density at radius 1 is 0.909 bits per heavy atom. The average Bonchev–Trinajstić information content (AvgIpc) is 3.46. The Bertz CT molecular complexity index is 1460. The molecule has 0 spiro atoms. The molecule has 4 aromatic heterocycles. The maximum Gasteiger partial charge on any atom is 0.156 e. The van der Waals surface area contributed by atoms with Crippen molar-refractivity contribution in [2.75, 3.05) is 0 Å². The van der Waals surface area contributed by atoms with Crippen molar-refractivity contribution in [3.05, 3.63) is 69.3 Å². The molecule has 33 heavy (non-hydrogen) atoms. The number of pyridine rings is 2. The SMILES string of the molecule is Cc1cnc2[nH]ncc2c1-c1cccc(C(C)(C)C#N)c1.Cc1cnc2[nH]ncc2c1I.[B]. The molecule has 3 radical (unpaired) electrons. The molecule has 5 aromatic rings. The number of aryl methyl sites for hydroxylation is 2. The van der Waals surface area contributed by atoms with Gasteiger partial charge in [-0.15, -0.1) is 0 Å². The first-order valence-corrected chi connectivity index (χ1v) is 11.1. The summed E-state index contributed by atoms with van der Waals surface area (Å²) in [6.45, 7) is 7.94. The molecule has 0 saturated heterocycles. The van der Waals surface area contributed by atoms with Crippen LogP contribution < -0.4 is 0 Å². The normalized spacial score (nSPS) is 10.9. The second-order valence-corrected chi connectivity index (χ2v) is 9.23. The number of hydrogen-bond donors (Lipinski definition) is 2. The number of rotatable bonds is 2. The van der Waals surface area contributed by atoms with E-state index in [2.05, 4.69) is 71.2 Å². The summed E-state index contributed by atoms with van der Waals surface area (Å²) in [6, 6.07) is 10.5. The lowest BCUT2D eigenvalue weighted by molar-refractivity contribution is 0.687. The molecule has 0 bridgehead atoms. The molecule has 2 N–H and O–H groups in total. The first kappa shape index (κ1) is 24.4. The van der Waals surface area contributed by atoms with Crippen LogP contribution >= 0.6 is 22.6 Å². The van der Waals surface area contributed by atoms with Gasteiger partial charge in [-0.3, -0.25) is 10.2 Å². The number of halogens is 1. The Kier molecular flexibility index (Phi) is 7.17. The van der Waals surface area contributed by atoms with Gasteiger partial charge in [0.05, 0.1) is 29.3 Å². The minimum atomic E-state index is -0.507. The summed E-state index contributed by atoms with van der Waals surface area (Å²) in [6.07, 6.45) is 7.30. The van der Waals surface area contributed by atoms with Crippen LogP contribution in [0.15, 0.2) is 49.1 Å². The maximum atomic E-state index is 9.33. The molecule has 0 amide bonds. The zero-order valence-electron chi connectivity index (χ0n) is 18.8. The highest BCUT2D eigenvalue weighted by Gasteiger charge is 2.20. The van der Waals surface area contributed by atoms with Crippen LogP contribution in [-0.4, -0.2) is 38.8 Å². The van der Waals surface area contributed by atoms with Crippen molar-refractivity contribution in [1.29, 1.82) is 5.26 Å². The molecule has 4 heterocycles. The van der Waals surface area contributed by atoms with E-state index in [1.54, 1.807) is 12.4 Å². The zero-order valence-corrected chi connectivity index (χ0v) is 21.0. The molecule has 163 valence electrons. The lowest BCUT2D eigenvalue weighted by Crippen LogP contribution is -2.13. The second-order valence-electron chi connectivity index (χ2n) is 8.15. The van der Waals surface area contributed by atoms with Crippen LogP contribution in [0.5, 0.6) is 0 Å². The smallest absolute Gasteiger partial charge is 0.156 e. The standard InChI is InChI=1S/C17H16N4.C7H6IN3.B/c1-11-8-19-16-14(9-20-21-16)15(11)12-5-4-6-13(7-12)17(2,3)10-18;1-4-2-9-7-5(6(4)8)3-10-11-7;/h4-9H,1-3H3,(H,19,20,21);2-3H,1H3,(H,9,10,11);. The summed E-state index contributed by atoms with van der Waals surface area (Å²) in [4.78, 5) is 8.52. The minimum Gasteiger partial charge on any atom is -0.261 e. The second kappa shape index (κ2) is 9.71. The number of benzene rings is 1. The number of nitrogens with zero attached hydrogens (tertiary/aromatic N) is 5. The third-order valence-electron chi connectivity index (χ3n) is 5.41. The van der Waals surface area contributed by atoms with E-state index in [-0.39, 0.29) is 8.41 Å². The number of aromatic nitrogens is 6. The lowest BCUT2D eigenvalue weighted by atomic mass is 9.84. The quantitative estimate of drug-likeness (QED) is 0.233. The third-order valence-corrected chi connectivity index (χ3v) is 6.84. The van der Waals surface area contributed by atoms with Crippen LogP contribution in [0.4, 0.5) is 0 Å². The molecule has 0 aliphatic heterocycles. The van der Waals surface area contributed by atoms with Crippen molar-refractivity contribution >= 4 is 53.1 Å². The zero-order chi connectivity index (χ0) is 22.9. The molecule has 0 aliphatic carbocycles. The summed E-state index contributed by atoms with van der Waals surface area (Å²) in [5.41, 5.74) is 6.63. The Labute approximate surface area is 207 Å². The predicted molar refractivity (Wildman–Crippen MR) is 140 cm³/mol. The van der Waals surface area contributed by atoms with E-state index >= 15 is 0 Å². The number of nitriles is 1. The first-order valence-electron chi connectivity index (χ1n) is 10.1. The molecule has 1 aromatic carbocycles. The van der Waals surface area contributed by atoms with Crippen molar-refractivity contribution in [2.24, 2.45) is 0 Å². The van der Waals surface area contributed by atoms with Gasteiger partial charge in [-0.05, 0) is 84.2 Å². The fourth-order valence-electron chi connectivity index (χ4n) is 3.48. The van der Waals surface area contributed by atoms with E-state index in [4.69, 9.17) is 0 Å². The molecular formula is C24H22BIN7. The molecule has 0 unspecified atom stereocenters. The van der Waals surface area contributed by atoms with Gasteiger partial charge in [0.1, 0.15) is 0 Å². The highest BCUT2D eigenvalue weighted by atomic mass is 127. The highest BCUT2D eigenvalue weighted by molar-refractivity contribution is 14.1. The largest absolute Gasteiger partial charge is 0.261 e. The van der Waals surface area contributed by atoms with Gasteiger partial charge >= 0.3 is 0 Å². The number of fused-ring (bicyclic) bond motifs is 2. The fourth-order valence-corrected chi connectivity index (χ4v) is 4.01. The van der Waals surface area contributed by atoms with Gasteiger partial charge in [0.15, 0.2) is 11.3 Å². The van der Waals surface area contributed by atoms with Gasteiger partial charge < -0.3 is 0 Å². The van der Waals surface area contributed by atoms with E-state index in [1.165, 1.54) is 9.13 Å². The fraction of sp³-hybridized carbons (Fsp3) is 0.208. The van der Waals surface area contributed by atoms with Gasteiger partial charge in [-0.1, -0.05) is 18.2 Å². The van der Waals surface area contributed by atoms with E-state index in [0.717, 1.165) is 44.3 Å². The molecule has 0 aliphatic rings. The van der Waals surface area contributed by atoms with Gasteiger partial charge in [0.25, 0.3) is 0 Å². The van der Waals surface area contributed by atoms with E-state index in [0.29, 0.717) is 0 Å². The van der Waals surface area contributed by atoms with E-state index < -0.39 is 5.41 Å². The maximum absolute atomic E-state index is 9.33. The van der Waals surface area contributed by atoms with Crippen LogP contribution in [0, 0.1) is 28.7 Å². The Morgan fingerprint density at radius 2 is 1.52 bits per heavy atom. The predicted octanol–water partition coefficient (Wildman–Crippen LogP) is 5.22. The van der Waals surface area contributed by atoms with Crippen LogP contribution in [0.25, 0.3) is 33.2 Å². The van der Waals surface area contributed by atoms with Crippen LogP contribution in [0.1, 0.15) is 30.5 Å². The third kappa shape index (κ3) is 4.76. The summed E-state index contributed by atoms with van der Waals surface area (Å²) >= 11 is 2.30. The number of aromatic amines is 2. The highest BCUT2D eigenvalue weighted by Crippen LogP contribution is 2.33. The van der Waals surface area contributed by atoms with Gasteiger partial charge in [0.2, 0.25) is 0 Å². The lowest BCUT2D eigenvalue weighted by Gasteiger charge is -2.17. The molecule has 9 heteroatoms. The number of H-pyrrole nitrogens is 2. The number of hydrogen-bond acceptors (Lipinski definition) is 5. The molecular weight excluding hydrogens is 524 g/mol. The summed E-state index contributed by atoms with van der Waals surface area (Å²) < 4.78 is 1.22. The summed E-state index contributed by atoms with van der Waals surface area (Å²) in [7, 11) is 0. The molecule has 0 atom stereocenters. The van der Waals surface area contributed by atoms with Crippen LogP contribution in [-0.2, 0) is 5.41 Å². The van der Waals surface area contributed by atoms with Crippen molar-refractivity contribution in [2.45, 2.75) is 33.1 Å². The van der Waals surface area contributed by atoms with Crippen LogP contribution in [0.2, 0.25) is 0 Å². The molecule has 7 nitrogen and oxygen atoms in total. The Morgan fingerprint density at radius 3 is 2.18 bits per heavy atom.